The summed E-state index contributed by atoms with van der Waals surface area (Å²) in [6.07, 6.45) is 11.8. The fourth-order valence-electron chi connectivity index (χ4n) is 7.64. The fourth-order valence-corrected chi connectivity index (χ4v) is 7.64. The Hall–Kier alpha value is -4.51. The predicted molar refractivity (Wildman–Crippen MR) is 271 cm³/mol. The monoisotopic (exact) mass is 895 g/mol. The summed E-state index contributed by atoms with van der Waals surface area (Å²) in [5.74, 6) is 2.66. The second-order valence-electron chi connectivity index (χ2n) is 19.5. The molecule has 0 saturated carbocycles. The van der Waals surface area contributed by atoms with Crippen molar-refractivity contribution >= 4 is 6.09 Å². The van der Waals surface area contributed by atoms with E-state index in [1.165, 1.54) is 39.8 Å². The molecule has 4 atom stereocenters. The third kappa shape index (κ3) is 18.4. The van der Waals surface area contributed by atoms with Gasteiger partial charge in [0, 0.05) is 37.1 Å². The van der Waals surface area contributed by atoms with Crippen molar-refractivity contribution in [1.29, 1.82) is 0 Å². The summed E-state index contributed by atoms with van der Waals surface area (Å²) < 4.78 is 17.5. The first-order valence-corrected chi connectivity index (χ1v) is 23.4. The van der Waals surface area contributed by atoms with Gasteiger partial charge in [0.2, 0.25) is 0 Å². The number of pyridine rings is 2. The molecule has 1 N–H and O–H groups in total. The van der Waals surface area contributed by atoms with Crippen LogP contribution in [0.25, 0.3) is 0 Å². The molecule has 0 unspecified atom stereocenters. The number of rotatable bonds is 20. The number of benzene rings is 2. The van der Waals surface area contributed by atoms with Crippen LogP contribution in [0, 0.1) is 13.8 Å². The normalized spacial score (nSPS) is 16.5. The molecule has 0 radical (unpaired) electrons. The number of ether oxygens (including phenoxy) is 3. The molecule has 6 rings (SSSR count). The topological polar surface area (TPSA) is 92.3 Å². The van der Waals surface area contributed by atoms with Crippen LogP contribution in [0.1, 0.15) is 132 Å². The first-order chi connectivity index (χ1) is 30.0. The summed E-state index contributed by atoms with van der Waals surface area (Å²) >= 11 is 0. The molecule has 10 nitrogen and oxygen atoms in total. The van der Waals surface area contributed by atoms with Gasteiger partial charge in [0.25, 0.3) is 0 Å². The van der Waals surface area contributed by atoms with Gasteiger partial charge < -0.3 is 34.2 Å². The van der Waals surface area contributed by atoms with Gasteiger partial charge in [0.15, 0.2) is 0 Å². The molecule has 65 heavy (non-hydrogen) atoms. The maximum Gasteiger partial charge on any atom is 0.410 e. The van der Waals surface area contributed by atoms with Crippen molar-refractivity contribution in [2.45, 2.75) is 144 Å². The SMILES string of the molecule is C.C.Cc1ncc(OC[C@@H]2CCN2)cc1CC[C@@H](C)c1ccc(CCN(C)C)cc1.Cc1ncc(OC[C@@H]2CCN2C(=O)OC(C)(C)C)cc1CC[C@@H](C)c1ccc(CCN(C)C)cc1. The number of aryl methyl sites for hydroxylation is 4. The Morgan fingerprint density at radius 3 is 1.54 bits per heavy atom. The van der Waals surface area contributed by atoms with Gasteiger partial charge in [0.1, 0.15) is 30.3 Å². The number of hydrogen-bond donors (Lipinski definition) is 1. The Morgan fingerprint density at radius 2 is 1.17 bits per heavy atom. The van der Waals surface area contributed by atoms with Gasteiger partial charge in [-0.2, -0.15) is 0 Å². The second-order valence-corrected chi connectivity index (χ2v) is 19.5. The average Bonchev–Trinajstić information content (AvgIpc) is 3.21. The second kappa shape index (κ2) is 26.6. The van der Waals surface area contributed by atoms with Crippen molar-refractivity contribution in [2.75, 3.05) is 67.6 Å². The molecule has 2 saturated heterocycles. The molecule has 0 bridgehead atoms. The Bertz CT molecular complexity index is 1990. The number of nitrogens with one attached hydrogen (secondary N) is 1. The maximum absolute atomic E-state index is 12.3. The Kier molecular flexibility index (Phi) is 22.4. The van der Waals surface area contributed by atoms with Crippen molar-refractivity contribution in [3.8, 4) is 11.5 Å². The third-order valence-corrected chi connectivity index (χ3v) is 12.4. The van der Waals surface area contributed by atoms with Crippen molar-refractivity contribution in [3.05, 3.63) is 118 Å². The molecule has 1 amide bonds. The lowest BCUT2D eigenvalue weighted by molar-refractivity contribution is -0.0141. The summed E-state index contributed by atoms with van der Waals surface area (Å²) in [6, 6.07) is 23.1. The number of likely N-dealkylation sites (tertiary alicyclic amines) is 1. The van der Waals surface area contributed by atoms with Gasteiger partial charge in [-0.05, 0) is 178 Å². The average molecular weight is 895 g/mol. The minimum absolute atomic E-state index is 0. The molecule has 2 aliphatic rings. The quantitative estimate of drug-likeness (QED) is 0.0931. The standard InChI is InChI=1S/C29H43N3O3.C24H35N3O.2CH4/c1-21(24-12-9-23(10-13-24)14-16-31(6)7)8-11-25-18-27(19-30-22(25)2)34-20-26-15-17-32(26)28(33)35-29(3,4)5;1-18(21-9-6-20(7-10-21)12-14-27(3)4)5-8-22-15-24(16-26-19(22)2)28-17-23-11-13-25-23;;/h9-10,12-13,18-19,21,26H,8,11,14-17,20H2,1-7H3;6-7,9-10,15-16,18,23,25H,5,8,11-14,17H2,1-4H3;2*1H4/t21-,26+;18-,23+;;/m11../s1. The van der Waals surface area contributed by atoms with E-state index in [0.717, 1.165) is 101 Å². The van der Waals surface area contributed by atoms with E-state index in [-0.39, 0.29) is 27.0 Å². The molecule has 2 aliphatic heterocycles. The largest absolute Gasteiger partial charge is 0.490 e. The predicted octanol–water partition coefficient (Wildman–Crippen LogP) is 10.9. The van der Waals surface area contributed by atoms with Crippen LogP contribution >= 0.6 is 0 Å². The molecule has 4 heterocycles. The molecule has 10 heteroatoms. The Balaban J connectivity index is 0.000000342. The first-order valence-electron chi connectivity index (χ1n) is 23.4. The zero-order valence-corrected chi connectivity index (χ0v) is 40.5. The molecular weight excluding hydrogens is 809 g/mol. The minimum Gasteiger partial charge on any atom is -0.490 e. The number of carbonyl (C=O) groups is 1. The molecule has 4 aromatic rings. The van der Waals surface area contributed by atoms with E-state index in [2.05, 4.69) is 142 Å². The van der Waals surface area contributed by atoms with Crippen LogP contribution in [-0.4, -0.2) is 116 Å². The lowest BCUT2D eigenvalue weighted by Gasteiger charge is -2.41. The summed E-state index contributed by atoms with van der Waals surface area (Å²) in [7, 11) is 8.47. The van der Waals surface area contributed by atoms with Crippen LogP contribution in [0.2, 0.25) is 0 Å². The summed E-state index contributed by atoms with van der Waals surface area (Å²) in [6.45, 7) is 19.6. The highest BCUT2D eigenvalue weighted by Gasteiger charge is 2.35. The lowest BCUT2D eigenvalue weighted by atomic mass is 9.93. The fraction of sp³-hybridized carbons (Fsp3) is 0.582. The smallest absolute Gasteiger partial charge is 0.410 e. The minimum atomic E-state index is -0.487. The highest BCUT2D eigenvalue weighted by atomic mass is 16.6. The number of nitrogens with zero attached hydrogens (tertiary/aromatic N) is 5. The van der Waals surface area contributed by atoms with E-state index >= 15 is 0 Å². The van der Waals surface area contributed by atoms with Crippen molar-refractivity contribution in [2.24, 2.45) is 0 Å². The van der Waals surface area contributed by atoms with Gasteiger partial charge in [-0.15, -0.1) is 0 Å². The lowest BCUT2D eigenvalue weighted by Crippen LogP contribution is -2.55. The van der Waals surface area contributed by atoms with Gasteiger partial charge in [0.05, 0.1) is 18.4 Å². The van der Waals surface area contributed by atoms with Crippen LogP contribution in [-0.2, 0) is 30.4 Å². The molecule has 0 spiro atoms. The molecule has 2 fully saturated rings. The van der Waals surface area contributed by atoms with E-state index in [0.29, 0.717) is 24.5 Å². The van der Waals surface area contributed by atoms with Crippen LogP contribution < -0.4 is 14.8 Å². The molecule has 2 aromatic heterocycles. The number of aromatic nitrogens is 2. The van der Waals surface area contributed by atoms with Gasteiger partial charge in [-0.3, -0.25) is 9.97 Å². The number of hydrogen-bond acceptors (Lipinski definition) is 9. The first kappa shape index (κ1) is 54.8. The van der Waals surface area contributed by atoms with Crippen LogP contribution in [0.3, 0.4) is 0 Å². The van der Waals surface area contributed by atoms with Gasteiger partial charge in [-0.25, -0.2) is 4.79 Å². The Labute approximate surface area is 394 Å². The van der Waals surface area contributed by atoms with Crippen molar-refractivity contribution < 1.29 is 19.0 Å². The van der Waals surface area contributed by atoms with Crippen molar-refractivity contribution in [3.63, 3.8) is 0 Å². The van der Waals surface area contributed by atoms with E-state index in [9.17, 15) is 4.79 Å². The highest BCUT2D eigenvalue weighted by molar-refractivity contribution is 5.69. The van der Waals surface area contributed by atoms with Gasteiger partial charge in [-0.1, -0.05) is 77.2 Å². The summed E-state index contributed by atoms with van der Waals surface area (Å²) in [5.41, 5.74) is 9.78. The number of likely N-dealkylation sites (N-methyl/N-ethyl adjacent to an activating group) is 2. The summed E-state index contributed by atoms with van der Waals surface area (Å²) in [4.78, 5) is 27.7. The third-order valence-electron chi connectivity index (χ3n) is 12.4. The van der Waals surface area contributed by atoms with Gasteiger partial charge >= 0.3 is 6.09 Å². The van der Waals surface area contributed by atoms with E-state index < -0.39 is 5.60 Å². The Morgan fingerprint density at radius 1 is 0.723 bits per heavy atom. The zero-order valence-electron chi connectivity index (χ0n) is 40.5. The molecule has 2 aromatic carbocycles. The molecule has 360 valence electrons. The number of carbonyl (C=O) groups excluding carboxylic acids is 1. The highest BCUT2D eigenvalue weighted by Crippen LogP contribution is 2.27. The van der Waals surface area contributed by atoms with Crippen LogP contribution in [0.5, 0.6) is 11.5 Å². The molecular formula is C55H86N6O4. The number of amides is 1. The zero-order chi connectivity index (χ0) is 45.5. The summed E-state index contributed by atoms with van der Waals surface area (Å²) in [5, 5.41) is 3.37. The maximum atomic E-state index is 12.3. The van der Waals surface area contributed by atoms with E-state index in [1.54, 1.807) is 11.1 Å². The van der Waals surface area contributed by atoms with E-state index in [4.69, 9.17) is 14.2 Å². The van der Waals surface area contributed by atoms with Crippen LogP contribution in [0.4, 0.5) is 4.79 Å². The van der Waals surface area contributed by atoms with Crippen LogP contribution in [0.15, 0.2) is 73.1 Å². The van der Waals surface area contributed by atoms with E-state index in [1.807, 2.05) is 27.0 Å². The molecule has 0 aliphatic carbocycles. The van der Waals surface area contributed by atoms with Crippen molar-refractivity contribution in [1.82, 2.24) is 30.0 Å².